The quantitative estimate of drug-likeness (QED) is 0.642. The van der Waals surface area contributed by atoms with Crippen LogP contribution in [0.2, 0.25) is 0 Å². The minimum atomic E-state index is -0.225. The predicted molar refractivity (Wildman–Crippen MR) is 103 cm³/mol. The Bertz CT molecular complexity index is 873. The van der Waals surface area contributed by atoms with Gasteiger partial charge in [0.2, 0.25) is 0 Å². The molecule has 4 rings (SSSR count). The van der Waals surface area contributed by atoms with Gasteiger partial charge in [0.05, 0.1) is 17.7 Å². The van der Waals surface area contributed by atoms with Crippen LogP contribution >= 0.6 is 11.3 Å². The maximum absolute atomic E-state index is 13.5. The molecule has 7 heteroatoms. The standard InChI is InChI=1S/C20H22FN3O2S/c1-25-18-5-4-16(21)11-15(18)13-23-6-8-24(9-7-23)14-17-12-19(26-22-17)20-3-2-10-27-20/h2-5,10-12H,6-9,13-14H2,1H3. The third-order valence-corrected chi connectivity index (χ3v) is 5.69. The van der Waals surface area contributed by atoms with Gasteiger partial charge in [-0.25, -0.2) is 4.39 Å². The summed E-state index contributed by atoms with van der Waals surface area (Å²) in [5.41, 5.74) is 1.85. The molecule has 2 aromatic heterocycles. The molecule has 0 radical (unpaired) electrons. The molecule has 0 aliphatic carbocycles. The van der Waals surface area contributed by atoms with Crippen molar-refractivity contribution in [3.8, 4) is 16.4 Å². The van der Waals surface area contributed by atoms with Crippen molar-refractivity contribution >= 4 is 11.3 Å². The summed E-state index contributed by atoms with van der Waals surface area (Å²) in [4.78, 5) is 5.80. The van der Waals surface area contributed by atoms with Crippen molar-refractivity contribution in [3.05, 3.63) is 58.9 Å². The molecule has 0 bridgehead atoms. The SMILES string of the molecule is COc1ccc(F)cc1CN1CCN(Cc2cc(-c3cccs3)on2)CC1. The molecular formula is C20H22FN3O2S. The van der Waals surface area contributed by atoms with Crippen LogP contribution in [0, 0.1) is 5.82 Å². The van der Waals surface area contributed by atoms with Crippen molar-refractivity contribution in [3.63, 3.8) is 0 Å². The fraction of sp³-hybridized carbons (Fsp3) is 0.350. The lowest BCUT2D eigenvalue weighted by atomic mass is 10.1. The largest absolute Gasteiger partial charge is 0.496 e. The molecule has 0 unspecified atom stereocenters. The van der Waals surface area contributed by atoms with Crippen LogP contribution in [0.4, 0.5) is 4.39 Å². The first kappa shape index (κ1) is 18.2. The number of halogens is 1. The van der Waals surface area contributed by atoms with Gasteiger partial charge in [-0.1, -0.05) is 11.2 Å². The molecule has 1 aliphatic heterocycles. The third-order valence-electron chi connectivity index (χ3n) is 4.81. The smallest absolute Gasteiger partial charge is 0.177 e. The molecule has 1 saturated heterocycles. The van der Waals surface area contributed by atoms with Crippen LogP contribution in [0.1, 0.15) is 11.3 Å². The minimum Gasteiger partial charge on any atom is -0.496 e. The summed E-state index contributed by atoms with van der Waals surface area (Å²) >= 11 is 1.65. The Balaban J connectivity index is 1.31. The lowest BCUT2D eigenvalue weighted by Gasteiger charge is -2.34. The highest BCUT2D eigenvalue weighted by Crippen LogP contribution is 2.26. The number of aromatic nitrogens is 1. The molecule has 0 spiro atoms. The second-order valence-electron chi connectivity index (χ2n) is 6.67. The highest BCUT2D eigenvalue weighted by Gasteiger charge is 2.20. The zero-order valence-electron chi connectivity index (χ0n) is 15.2. The number of hydrogen-bond acceptors (Lipinski definition) is 6. The van der Waals surface area contributed by atoms with Crippen molar-refractivity contribution < 1.29 is 13.7 Å². The number of piperazine rings is 1. The van der Waals surface area contributed by atoms with E-state index in [1.807, 2.05) is 23.6 Å². The summed E-state index contributed by atoms with van der Waals surface area (Å²) in [5, 5.41) is 6.24. The van der Waals surface area contributed by atoms with Crippen LogP contribution in [0.25, 0.3) is 10.6 Å². The average molecular weight is 387 g/mol. The number of nitrogens with zero attached hydrogens (tertiary/aromatic N) is 3. The number of ether oxygens (including phenoxy) is 1. The Labute approximate surface area is 161 Å². The highest BCUT2D eigenvalue weighted by atomic mass is 32.1. The molecule has 1 fully saturated rings. The fourth-order valence-corrected chi connectivity index (χ4v) is 4.04. The zero-order valence-corrected chi connectivity index (χ0v) is 16.0. The predicted octanol–water partition coefficient (Wildman–Crippen LogP) is 3.87. The fourth-order valence-electron chi connectivity index (χ4n) is 3.37. The number of benzene rings is 1. The summed E-state index contributed by atoms with van der Waals surface area (Å²) in [7, 11) is 1.62. The summed E-state index contributed by atoms with van der Waals surface area (Å²) < 4.78 is 24.4. The van der Waals surface area contributed by atoms with Gasteiger partial charge < -0.3 is 9.26 Å². The van der Waals surface area contributed by atoms with Gasteiger partial charge in [0.1, 0.15) is 11.6 Å². The Hall–Kier alpha value is -2.22. The summed E-state index contributed by atoms with van der Waals surface area (Å²) in [6.07, 6.45) is 0. The van der Waals surface area contributed by atoms with Gasteiger partial charge in [-0.15, -0.1) is 11.3 Å². The van der Waals surface area contributed by atoms with Gasteiger partial charge in [-0.2, -0.15) is 0 Å². The van der Waals surface area contributed by atoms with E-state index in [2.05, 4.69) is 15.0 Å². The number of methoxy groups -OCH3 is 1. The number of thiophene rings is 1. The van der Waals surface area contributed by atoms with Gasteiger partial charge in [-0.05, 0) is 29.6 Å². The van der Waals surface area contributed by atoms with E-state index in [1.165, 1.54) is 6.07 Å². The second-order valence-corrected chi connectivity index (χ2v) is 7.62. The molecule has 0 saturated carbocycles. The maximum Gasteiger partial charge on any atom is 0.177 e. The van der Waals surface area contributed by atoms with E-state index >= 15 is 0 Å². The van der Waals surface area contributed by atoms with Gasteiger partial charge in [0.15, 0.2) is 5.76 Å². The highest BCUT2D eigenvalue weighted by molar-refractivity contribution is 7.13. The van der Waals surface area contributed by atoms with E-state index in [-0.39, 0.29) is 5.82 Å². The topological polar surface area (TPSA) is 41.7 Å². The van der Waals surface area contributed by atoms with Crippen LogP contribution < -0.4 is 4.74 Å². The lowest BCUT2D eigenvalue weighted by Crippen LogP contribution is -2.45. The van der Waals surface area contributed by atoms with Crippen LogP contribution in [0.3, 0.4) is 0 Å². The van der Waals surface area contributed by atoms with Gasteiger partial charge in [0.25, 0.3) is 0 Å². The first-order valence-electron chi connectivity index (χ1n) is 8.98. The molecule has 3 heterocycles. The van der Waals surface area contributed by atoms with Crippen molar-refractivity contribution in [2.45, 2.75) is 13.1 Å². The van der Waals surface area contributed by atoms with E-state index in [9.17, 15) is 4.39 Å². The molecule has 142 valence electrons. The lowest BCUT2D eigenvalue weighted by molar-refractivity contribution is 0.119. The van der Waals surface area contributed by atoms with Gasteiger partial charge in [-0.3, -0.25) is 9.80 Å². The normalized spacial score (nSPS) is 15.9. The Kier molecular flexibility index (Phi) is 5.52. The first-order chi connectivity index (χ1) is 13.2. The van der Waals surface area contributed by atoms with E-state index in [4.69, 9.17) is 9.26 Å². The van der Waals surface area contributed by atoms with Crippen molar-refractivity contribution in [2.75, 3.05) is 33.3 Å². The molecule has 0 amide bonds. The molecule has 0 atom stereocenters. The number of rotatable bonds is 6. The molecule has 3 aromatic rings. The Morgan fingerprint density at radius 2 is 1.89 bits per heavy atom. The zero-order chi connectivity index (χ0) is 18.6. The summed E-state index contributed by atoms with van der Waals surface area (Å²) in [6.45, 7) is 5.22. The Morgan fingerprint density at radius 3 is 2.59 bits per heavy atom. The van der Waals surface area contributed by atoms with Crippen LogP contribution in [-0.4, -0.2) is 48.2 Å². The van der Waals surface area contributed by atoms with E-state index in [0.717, 1.165) is 60.4 Å². The van der Waals surface area contributed by atoms with Crippen LogP contribution in [-0.2, 0) is 13.1 Å². The first-order valence-corrected chi connectivity index (χ1v) is 9.86. The van der Waals surface area contributed by atoms with Crippen LogP contribution in [0.5, 0.6) is 5.75 Å². The monoisotopic (exact) mass is 387 g/mol. The number of hydrogen-bond donors (Lipinski definition) is 0. The van der Waals surface area contributed by atoms with Gasteiger partial charge >= 0.3 is 0 Å². The molecule has 5 nitrogen and oxygen atoms in total. The Morgan fingerprint density at radius 1 is 1.11 bits per heavy atom. The van der Waals surface area contributed by atoms with Gasteiger partial charge in [0, 0.05) is 50.9 Å². The molecular weight excluding hydrogens is 365 g/mol. The minimum absolute atomic E-state index is 0.225. The van der Waals surface area contributed by atoms with Crippen molar-refractivity contribution in [1.29, 1.82) is 0 Å². The summed E-state index contributed by atoms with van der Waals surface area (Å²) in [6, 6.07) is 10.8. The van der Waals surface area contributed by atoms with E-state index < -0.39 is 0 Å². The maximum atomic E-state index is 13.5. The molecule has 1 aromatic carbocycles. The average Bonchev–Trinajstić information content (AvgIpc) is 3.35. The van der Waals surface area contributed by atoms with E-state index in [0.29, 0.717) is 6.54 Å². The second kappa shape index (κ2) is 8.21. The van der Waals surface area contributed by atoms with Crippen molar-refractivity contribution in [1.82, 2.24) is 15.0 Å². The molecule has 0 N–H and O–H groups in total. The summed E-state index contributed by atoms with van der Waals surface area (Å²) in [5.74, 6) is 1.34. The molecule has 27 heavy (non-hydrogen) atoms. The van der Waals surface area contributed by atoms with Crippen LogP contribution in [0.15, 0.2) is 46.3 Å². The van der Waals surface area contributed by atoms with E-state index in [1.54, 1.807) is 30.6 Å². The molecule has 1 aliphatic rings. The third kappa shape index (κ3) is 4.37. The van der Waals surface area contributed by atoms with Crippen molar-refractivity contribution in [2.24, 2.45) is 0 Å².